The molecule has 2 aromatic rings. The summed E-state index contributed by atoms with van der Waals surface area (Å²) in [4.78, 5) is 27.1. The Labute approximate surface area is 184 Å². The smallest absolute Gasteiger partial charge is 0.319 e. The number of nitrogens with zero attached hydrogens (tertiary/aromatic N) is 1. The van der Waals surface area contributed by atoms with Crippen LogP contribution in [-0.4, -0.2) is 48.6 Å². The lowest BCUT2D eigenvalue weighted by molar-refractivity contribution is -0.125. The van der Waals surface area contributed by atoms with Crippen LogP contribution < -0.4 is 16.0 Å². The Morgan fingerprint density at radius 3 is 2.48 bits per heavy atom. The maximum atomic E-state index is 12.5. The molecule has 1 heterocycles. The van der Waals surface area contributed by atoms with Gasteiger partial charge in [0, 0.05) is 30.9 Å². The van der Waals surface area contributed by atoms with E-state index in [0.29, 0.717) is 12.5 Å². The van der Waals surface area contributed by atoms with Gasteiger partial charge in [-0.05, 0) is 42.9 Å². The first-order valence-electron chi connectivity index (χ1n) is 11.3. The molecule has 3 amide bonds. The molecule has 1 aliphatic carbocycles. The van der Waals surface area contributed by atoms with E-state index in [2.05, 4.69) is 33.0 Å². The van der Waals surface area contributed by atoms with Crippen LogP contribution in [0.4, 0.5) is 10.5 Å². The van der Waals surface area contributed by atoms with Crippen LogP contribution in [-0.2, 0) is 11.2 Å². The molecule has 0 unspecified atom stereocenters. The molecular weight excluding hydrogens is 388 g/mol. The lowest BCUT2D eigenvalue weighted by Crippen LogP contribution is -2.57. The lowest BCUT2D eigenvalue weighted by atomic mass is 9.84. The summed E-state index contributed by atoms with van der Waals surface area (Å²) in [5, 5.41) is 9.26. The van der Waals surface area contributed by atoms with E-state index in [1.807, 2.05) is 48.5 Å². The van der Waals surface area contributed by atoms with Gasteiger partial charge in [-0.2, -0.15) is 0 Å². The van der Waals surface area contributed by atoms with Gasteiger partial charge in [0.2, 0.25) is 5.91 Å². The first-order chi connectivity index (χ1) is 15.2. The number of urea groups is 1. The van der Waals surface area contributed by atoms with Crippen molar-refractivity contribution in [3.8, 4) is 0 Å². The zero-order chi connectivity index (χ0) is 21.5. The number of hydrogen-bond acceptors (Lipinski definition) is 3. The highest BCUT2D eigenvalue weighted by Gasteiger charge is 2.31. The largest absolute Gasteiger partial charge is 0.351 e. The molecule has 0 aromatic heterocycles. The van der Waals surface area contributed by atoms with Crippen LogP contribution >= 0.6 is 0 Å². The molecule has 164 valence electrons. The summed E-state index contributed by atoms with van der Waals surface area (Å²) in [6.45, 7) is 2.12. The third-order valence-corrected chi connectivity index (χ3v) is 6.29. The lowest BCUT2D eigenvalue weighted by Gasteiger charge is -2.39. The van der Waals surface area contributed by atoms with Crippen LogP contribution in [0.3, 0.4) is 0 Å². The Kier molecular flexibility index (Phi) is 7.20. The maximum Gasteiger partial charge on any atom is 0.319 e. The Morgan fingerprint density at radius 1 is 1.00 bits per heavy atom. The zero-order valence-electron chi connectivity index (χ0n) is 17.9. The van der Waals surface area contributed by atoms with E-state index in [1.165, 1.54) is 12.0 Å². The second-order valence-electron chi connectivity index (χ2n) is 8.76. The van der Waals surface area contributed by atoms with E-state index in [1.54, 1.807) is 0 Å². The summed E-state index contributed by atoms with van der Waals surface area (Å²) in [5.41, 5.74) is 2.04. The molecule has 2 aromatic carbocycles. The van der Waals surface area contributed by atoms with Gasteiger partial charge in [0.1, 0.15) is 0 Å². The van der Waals surface area contributed by atoms with E-state index in [9.17, 15) is 9.59 Å². The van der Waals surface area contributed by atoms with Gasteiger partial charge >= 0.3 is 6.03 Å². The number of anilines is 1. The molecule has 0 radical (unpaired) electrons. The minimum atomic E-state index is -0.151. The molecule has 2 aliphatic rings. The molecule has 3 N–H and O–H groups in total. The van der Waals surface area contributed by atoms with Crippen LogP contribution in [0.25, 0.3) is 0 Å². The average Bonchev–Trinajstić information content (AvgIpc) is 2.76. The number of hydrogen-bond donors (Lipinski definition) is 3. The predicted octanol–water partition coefficient (Wildman–Crippen LogP) is 3.41. The van der Waals surface area contributed by atoms with E-state index >= 15 is 0 Å². The number of nitrogens with one attached hydrogen (secondary N) is 3. The van der Waals surface area contributed by atoms with Crippen molar-refractivity contribution in [3.63, 3.8) is 0 Å². The fourth-order valence-corrected chi connectivity index (χ4v) is 4.86. The average molecular weight is 421 g/mol. The number of carbonyl (C=O) groups excluding carboxylic acids is 2. The van der Waals surface area contributed by atoms with Crippen LogP contribution in [0.5, 0.6) is 0 Å². The quantitative estimate of drug-likeness (QED) is 0.671. The van der Waals surface area contributed by atoms with Crippen LogP contribution in [0.2, 0.25) is 0 Å². The van der Waals surface area contributed by atoms with Gasteiger partial charge < -0.3 is 16.0 Å². The summed E-state index contributed by atoms with van der Waals surface area (Å²) in [5.74, 6) is 0.452. The Hall–Kier alpha value is -2.86. The van der Waals surface area contributed by atoms with Crippen molar-refractivity contribution >= 4 is 17.6 Å². The summed E-state index contributed by atoms with van der Waals surface area (Å²) < 4.78 is 0. The van der Waals surface area contributed by atoms with E-state index in [4.69, 9.17) is 0 Å². The molecule has 0 bridgehead atoms. The van der Waals surface area contributed by atoms with Crippen molar-refractivity contribution in [1.29, 1.82) is 0 Å². The first-order valence-corrected chi connectivity index (χ1v) is 11.3. The summed E-state index contributed by atoms with van der Waals surface area (Å²) >= 11 is 0. The van der Waals surface area contributed by atoms with Crippen molar-refractivity contribution < 1.29 is 9.59 Å². The summed E-state index contributed by atoms with van der Waals surface area (Å²) in [6.07, 6.45) is 5.22. The highest BCUT2D eigenvalue weighted by molar-refractivity contribution is 5.89. The van der Waals surface area contributed by atoms with Gasteiger partial charge in [0.25, 0.3) is 0 Å². The monoisotopic (exact) mass is 420 g/mol. The molecular formula is C25H32N4O2. The highest BCUT2D eigenvalue weighted by Crippen LogP contribution is 2.26. The predicted molar refractivity (Wildman–Crippen MR) is 123 cm³/mol. The van der Waals surface area contributed by atoms with Gasteiger partial charge in [-0.3, -0.25) is 9.69 Å². The van der Waals surface area contributed by atoms with Gasteiger partial charge in [-0.15, -0.1) is 0 Å². The Balaban J connectivity index is 1.33. The second kappa shape index (κ2) is 10.4. The number of benzene rings is 2. The molecule has 6 nitrogen and oxygen atoms in total. The molecule has 2 fully saturated rings. The van der Waals surface area contributed by atoms with Crippen LogP contribution in [0.1, 0.15) is 31.2 Å². The molecule has 1 saturated carbocycles. The molecule has 31 heavy (non-hydrogen) atoms. The first kappa shape index (κ1) is 21.4. The SMILES string of the molecule is O=C1CN(C[C@@H]2CCCC[C@H]2NC(=O)Nc2ccccc2)C[C@H](Cc2ccccc2)N1. The van der Waals surface area contributed by atoms with Crippen molar-refractivity contribution in [2.75, 3.05) is 25.0 Å². The Morgan fingerprint density at radius 2 is 1.71 bits per heavy atom. The standard InChI is InChI=1S/C25H32N4O2/c30-24-18-29(17-22(26-24)15-19-9-3-1-4-10-19)16-20-11-7-8-14-23(20)28-25(31)27-21-12-5-2-6-13-21/h1-6,9-10,12-13,20,22-23H,7-8,11,14-18H2,(H,26,30)(H2,27,28,31)/t20-,22-,23+/m0/s1. The fraction of sp³-hybridized carbons (Fsp3) is 0.440. The minimum absolute atomic E-state index is 0.0920. The van der Waals surface area contributed by atoms with Gasteiger partial charge in [0.05, 0.1) is 6.54 Å². The van der Waals surface area contributed by atoms with Gasteiger partial charge in [0.15, 0.2) is 0 Å². The zero-order valence-corrected chi connectivity index (χ0v) is 17.9. The topological polar surface area (TPSA) is 73.5 Å². The highest BCUT2D eigenvalue weighted by atomic mass is 16.2. The summed E-state index contributed by atoms with van der Waals surface area (Å²) in [6, 6.07) is 19.9. The van der Waals surface area contributed by atoms with Crippen molar-refractivity contribution in [1.82, 2.24) is 15.5 Å². The number of amides is 3. The van der Waals surface area contributed by atoms with Gasteiger partial charge in [-0.25, -0.2) is 4.79 Å². The second-order valence-corrected chi connectivity index (χ2v) is 8.76. The van der Waals surface area contributed by atoms with Crippen LogP contribution in [0.15, 0.2) is 60.7 Å². The molecule has 1 saturated heterocycles. The molecule has 1 aliphatic heterocycles. The van der Waals surface area contributed by atoms with Crippen LogP contribution in [0, 0.1) is 5.92 Å². The number of para-hydroxylation sites is 1. The number of carbonyl (C=O) groups is 2. The molecule has 4 rings (SSSR count). The van der Waals surface area contributed by atoms with E-state index in [0.717, 1.165) is 44.5 Å². The Bertz CT molecular complexity index is 858. The number of rotatable bonds is 6. The summed E-state index contributed by atoms with van der Waals surface area (Å²) in [7, 11) is 0. The number of piperazine rings is 1. The molecule has 3 atom stereocenters. The normalized spacial score (nSPS) is 24.3. The van der Waals surface area contributed by atoms with Crippen molar-refractivity contribution in [2.45, 2.75) is 44.2 Å². The van der Waals surface area contributed by atoms with Crippen molar-refractivity contribution in [2.24, 2.45) is 5.92 Å². The van der Waals surface area contributed by atoms with Crippen molar-refractivity contribution in [3.05, 3.63) is 66.2 Å². The van der Waals surface area contributed by atoms with E-state index < -0.39 is 0 Å². The van der Waals surface area contributed by atoms with E-state index in [-0.39, 0.29) is 24.0 Å². The minimum Gasteiger partial charge on any atom is -0.351 e. The maximum absolute atomic E-state index is 12.5. The van der Waals surface area contributed by atoms with Gasteiger partial charge in [-0.1, -0.05) is 61.4 Å². The fourth-order valence-electron chi connectivity index (χ4n) is 4.86. The third kappa shape index (κ3) is 6.31. The molecule has 6 heteroatoms. The molecule has 0 spiro atoms. The third-order valence-electron chi connectivity index (χ3n) is 6.29.